The number of rotatable bonds is 4. The lowest BCUT2D eigenvalue weighted by molar-refractivity contribution is 0.628. The van der Waals surface area contributed by atoms with Gasteiger partial charge >= 0.3 is 0 Å². The molecule has 1 aromatic carbocycles. The van der Waals surface area contributed by atoms with Crippen LogP contribution in [0, 0.1) is 5.82 Å². The number of halogens is 1. The van der Waals surface area contributed by atoms with Gasteiger partial charge in [-0.25, -0.2) is 4.39 Å². The van der Waals surface area contributed by atoms with Crippen LogP contribution in [0.25, 0.3) is 0 Å². The Labute approximate surface area is 106 Å². The maximum absolute atomic E-state index is 13.2. The van der Waals surface area contributed by atoms with Crippen molar-refractivity contribution in [2.75, 3.05) is 23.8 Å². The molecule has 4 heteroatoms. The van der Waals surface area contributed by atoms with Gasteiger partial charge in [-0.05, 0) is 31.2 Å². The number of benzene rings is 1. The van der Waals surface area contributed by atoms with Gasteiger partial charge in [0.1, 0.15) is 5.82 Å². The summed E-state index contributed by atoms with van der Waals surface area (Å²) in [4.78, 5) is 6.07. The first-order valence-electron chi connectivity index (χ1n) is 5.89. The van der Waals surface area contributed by atoms with Gasteiger partial charge in [-0.2, -0.15) is 0 Å². The van der Waals surface area contributed by atoms with Crippen molar-refractivity contribution in [2.45, 2.75) is 6.92 Å². The van der Waals surface area contributed by atoms with E-state index in [9.17, 15) is 4.39 Å². The number of hydrogen-bond acceptors (Lipinski definition) is 3. The lowest BCUT2D eigenvalue weighted by Gasteiger charge is -2.19. The van der Waals surface area contributed by atoms with Crippen molar-refractivity contribution in [3.8, 4) is 0 Å². The van der Waals surface area contributed by atoms with Crippen molar-refractivity contribution in [1.29, 1.82) is 0 Å². The molecule has 0 aliphatic rings. The minimum atomic E-state index is -0.241. The third kappa shape index (κ3) is 2.77. The zero-order valence-electron chi connectivity index (χ0n) is 10.5. The molecule has 2 aromatic rings. The quantitative estimate of drug-likeness (QED) is 0.894. The summed E-state index contributed by atoms with van der Waals surface area (Å²) in [6.07, 6.45) is 3.53. The van der Waals surface area contributed by atoms with Gasteiger partial charge in [0.15, 0.2) is 0 Å². The topological polar surface area (TPSA) is 28.2 Å². The summed E-state index contributed by atoms with van der Waals surface area (Å²) >= 11 is 0. The molecular weight excluding hydrogens is 229 g/mol. The van der Waals surface area contributed by atoms with Crippen molar-refractivity contribution >= 4 is 17.1 Å². The lowest BCUT2D eigenvalue weighted by Crippen LogP contribution is -2.10. The van der Waals surface area contributed by atoms with Crippen LogP contribution >= 0.6 is 0 Å². The normalized spacial score (nSPS) is 10.2. The molecule has 0 bridgehead atoms. The van der Waals surface area contributed by atoms with E-state index in [2.05, 4.69) is 10.3 Å². The SMILES string of the molecule is CCNc1cncc(N(C)c2cccc(F)c2)c1. The van der Waals surface area contributed by atoms with Crippen LogP contribution < -0.4 is 10.2 Å². The third-order valence-corrected chi connectivity index (χ3v) is 2.69. The van der Waals surface area contributed by atoms with Gasteiger partial charge in [0.05, 0.1) is 23.8 Å². The smallest absolute Gasteiger partial charge is 0.125 e. The molecule has 0 aliphatic carbocycles. The van der Waals surface area contributed by atoms with Crippen molar-refractivity contribution < 1.29 is 4.39 Å². The van der Waals surface area contributed by atoms with Crippen LogP contribution in [0.15, 0.2) is 42.7 Å². The summed E-state index contributed by atoms with van der Waals surface area (Å²) in [5, 5.41) is 3.20. The molecule has 94 valence electrons. The Morgan fingerprint density at radius 2 is 2.06 bits per heavy atom. The van der Waals surface area contributed by atoms with E-state index in [0.717, 1.165) is 23.6 Å². The molecule has 3 nitrogen and oxygen atoms in total. The van der Waals surface area contributed by atoms with Crippen LogP contribution in [-0.4, -0.2) is 18.6 Å². The van der Waals surface area contributed by atoms with Crippen molar-refractivity contribution in [3.63, 3.8) is 0 Å². The maximum Gasteiger partial charge on any atom is 0.125 e. The van der Waals surface area contributed by atoms with Crippen molar-refractivity contribution in [2.24, 2.45) is 0 Å². The predicted molar refractivity (Wildman–Crippen MR) is 72.9 cm³/mol. The Hall–Kier alpha value is -2.10. The molecule has 18 heavy (non-hydrogen) atoms. The minimum absolute atomic E-state index is 0.241. The largest absolute Gasteiger partial charge is 0.384 e. The number of hydrogen-bond donors (Lipinski definition) is 1. The van der Waals surface area contributed by atoms with Gasteiger partial charge in [0, 0.05) is 19.3 Å². The average Bonchev–Trinajstić information content (AvgIpc) is 2.39. The fraction of sp³-hybridized carbons (Fsp3) is 0.214. The molecule has 0 aliphatic heterocycles. The Kier molecular flexibility index (Phi) is 3.77. The minimum Gasteiger partial charge on any atom is -0.384 e. The van der Waals surface area contributed by atoms with Gasteiger partial charge in [-0.1, -0.05) is 6.07 Å². The molecule has 0 unspecified atom stereocenters. The van der Waals surface area contributed by atoms with Crippen LogP contribution in [-0.2, 0) is 0 Å². The van der Waals surface area contributed by atoms with Gasteiger partial charge in [0.2, 0.25) is 0 Å². The summed E-state index contributed by atoms with van der Waals surface area (Å²) in [6, 6.07) is 8.48. The van der Waals surface area contributed by atoms with Crippen molar-refractivity contribution in [3.05, 3.63) is 48.5 Å². The molecule has 1 aromatic heterocycles. The second-order valence-electron chi connectivity index (χ2n) is 4.00. The van der Waals surface area contributed by atoms with Crippen LogP contribution in [0.4, 0.5) is 21.5 Å². The number of nitrogens with zero attached hydrogens (tertiary/aromatic N) is 2. The fourth-order valence-electron chi connectivity index (χ4n) is 1.75. The Morgan fingerprint density at radius 1 is 1.22 bits per heavy atom. The third-order valence-electron chi connectivity index (χ3n) is 2.69. The molecule has 0 saturated carbocycles. The van der Waals surface area contributed by atoms with Gasteiger partial charge in [0.25, 0.3) is 0 Å². The molecule has 2 rings (SSSR count). The van der Waals surface area contributed by atoms with Crippen molar-refractivity contribution in [1.82, 2.24) is 4.98 Å². The zero-order chi connectivity index (χ0) is 13.0. The van der Waals surface area contributed by atoms with E-state index in [1.807, 2.05) is 31.0 Å². The first-order chi connectivity index (χ1) is 8.70. The maximum atomic E-state index is 13.2. The van der Waals surface area contributed by atoms with E-state index in [1.165, 1.54) is 12.1 Å². The number of anilines is 3. The van der Waals surface area contributed by atoms with Gasteiger partial charge in [-0.3, -0.25) is 4.98 Å². The Morgan fingerprint density at radius 3 is 2.78 bits per heavy atom. The molecule has 0 fully saturated rings. The number of aromatic nitrogens is 1. The molecular formula is C14H16FN3. The summed E-state index contributed by atoms with van der Waals surface area (Å²) < 4.78 is 13.2. The highest BCUT2D eigenvalue weighted by atomic mass is 19.1. The molecule has 0 saturated heterocycles. The van der Waals surface area contributed by atoms with Gasteiger partial charge in [-0.15, -0.1) is 0 Å². The first kappa shape index (κ1) is 12.4. The van der Waals surface area contributed by atoms with Crippen LogP contribution in [0.2, 0.25) is 0 Å². The zero-order valence-corrected chi connectivity index (χ0v) is 10.5. The molecule has 1 heterocycles. The van der Waals surface area contributed by atoms with Crippen LogP contribution in [0.1, 0.15) is 6.92 Å². The lowest BCUT2D eigenvalue weighted by atomic mass is 10.2. The highest BCUT2D eigenvalue weighted by Gasteiger charge is 2.05. The summed E-state index contributed by atoms with van der Waals surface area (Å²) in [6.45, 7) is 2.87. The Bertz CT molecular complexity index is 528. The van der Waals surface area contributed by atoms with E-state index >= 15 is 0 Å². The number of nitrogens with one attached hydrogen (secondary N) is 1. The monoisotopic (exact) mass is 245 g/mol. The highest BCUT2D eigenvalue weighted by molar-refractivity contribution is 5.65. The van der Waals surface area contributed by atoms with Gasteiger partial charge < -0.3 is 10.2 Å². The predicted octanol–water partition coefficient (Wildman–Crippen LogP) is 3.42. The summed E-state index contributed by atoms with van der Waals surface area (Å²) in [5.41, 5.74) is 2.67. The molecule has 0 amide bonds. The second kappa shape index (κ2) is 5.49. The summed E-state index contributed by atoms with van der Waals surface area (Å²) in [7, 11) is 1.89. The molecule has 0 atom stereocenters. The molecule has 0 radical (unpaired) electrons. The highest BCUT2D eigenvalue weighted by Crippen LogP contribution is 2.25. The number of pyridine rings is 1. The summed E-state index contributed by atoms with van der Waals surface area (Å²) in [5.74, 6) is -0.241. The Balaban J connectivity index is 2.27. The van der Waals surface area contributed by atoms with Crippen LogP contribution in [0.5, 0.6) is 0 Å². The second-order valence-corrected chi connectivity index (χ2v) is 4.00. The van der Waals surface area contributed by atoms with E-state index in [1.54, 1.807) is 18.5 Å². The standard InChI is InChI=1S/C14H16FN3/c1-3-17-12-8-14(10-16-9-12)18(2)13-6-4-5-11(15)7-13/h4-10,17H,3H2,1-2H3. The molecule has 0 spiro atoms. The average molecular weight is 245 g/mol. The molecule has 1 N–H and O–H groups in total. The van der Waals surface area contributed by atoms with E-state index in [-0.39, 0.29) is 5.82 Å². The van der Waals surface area contributed by atoms with Crippen LogP contribution in [0.3, 0.4) is 0 Å². The fourth-order valence-corrected chi connectivity index (χ4v) is 1.75. The van der Waals surface area contributed by atoms with E-state index in [0.29, 0.717) is 0 Å². The first-order valence-corrected chi connectivity index (χ1v) is 5.89. The van der Waals surface area contributed by atoms with E-state index < -0.39 is 0 Å². The van der Waals surface area contributed by atoms with E-state index in [4.69, 9.17) is 0 Å².